The van der Waals surface area contributed by atoms with Crippen molar-refractivity contribution in [1.29, 1.82) is 0 Å². The molecule has 1 aromatic carbocycles. The molecule has 18 heavy (non-hydrogen) atoms. The average molecular weight is 246 g/mol. The van der Waals surface area contributed by atoms with Crippen LogP contribution in [0.5, 0.6) is 0 Å². The molecule has 2 atom stereocenters. The summed E-state index contributed by atoms with van der Waals surface area (Å²) in [4.78, 5) is 2.45. The van der Waals surface area contributed by atoms with E-state index < -0.39 is 0 Å². The molecule has 2 aliphatic rings. The molecule has 0 amide bonds. The summed E-state index contributed by atoms with van der Waals surface area (Å²) in [7, 11) is 2.22. The van der Waals surface area contributed by atoms with Crippen LogP contribution in [0.1, 0.15) is 30.0 Å². The molecule has 2 unspecified atom stereocenters. The van der Waals surface area contributed by atoms with Crippen LogP contribution in [0.2, 0.25) is 0 Å². The Balaban J connectivity index is 1.72. The van der Waals surface area contributed by atoms with E-state index in [0.717, 1.165) is 19.8 Å². The van der Waals surface area contributed by atoms with Crippen LogP contribution in [0.3, 0.4) is 0 Å². The zero-order valence-electron chi connectivity index (χ0n) is 11.1. The van der Waals surface area contributed by atoms with Crippen LogP contribution in [-0.2, 0) is 11.3 Å². The minimum atomic E-state index is 0.414. The van der Waals surface area contributed by atoms with Crippen LogP contribution in [0.15, 0.2) is 24.3 Å². The first-order valence-corrected chi connectivity index (χ1v) is 6.94. The first-order valence-electron chi connectivity index (χ1n) is 6.94. The lowest BCUT2D eigenvalue weighted by Gasteiger charge is -2.34. The number of benzene rings is 1. The standard InChI is InChI=1S/C15H22N2O/c1-17(9-13-6-4-8-16-13)15-11-18-10-12-5-2-3-7-14(12)15/h2-3,5,7,13,15-16H,4,6,8-11H2,1H3. The highest BCUT2D eigenvalue weighted by Gasteiger charge is 2.26. The molecule has 3 heteroatoms. The Hall–Kier alpha value is -0.900. The summed E-state index contributed by atoms with van der Waals surface area (Å²) >= 11 is 0. The molecular weight excluding hydrogens is 224 g/mol. The zero-order valence-corrected chi connectivity index (χ0v) is 11.1. The van der Waals surface area contributed by atoms with Crippen molar-refractivity contribution >= 4 is 0 Å². The molecule has 2 aliphatic heterocycles. The van der Waals surface area contributed by atoms with Gasteiger partial charge in [0.1, 0.15) is 0 Å². The van der Waals surface area contributed by atoms with Crippen LogP contribution >= 0.6 is 0 Å². The highest BCUT2D eigenvalue weighted by molar-refractivity contribution is 5.31. The minimum absolute atomic E-state index is 0.414. The summed E-state index contributed by atoms with van der Waals surface area (Å²) in [6.07, 6.45) is 2.62. The van der Waals surface area contributed by atoms with E-state index in [0.29, 0.717) is 12.1 Å². The van der Waals surface area contributed by atoms with Gasteiger partial charge in [-0.05, 0) is 37.6 Å². The van der Waals surface area contributed by atoms with Crippen molar-refractivity contribution in [3.05, 3.63) is 35.4 Å². The summed E-state index contributed by atoms with van der Waals surface area (Å²) in [5, 5.41) is 3.57. The molecule has 0 spiro atoms. The van der Waals surface area contributed by atoms with E-state index in [9.17, 15) is 0 Å². The van der Waals surface area contributed by atoms with Gasteiger partial charge in [0.15, 0.2) is 0 Å². The molecular formula is C15H22N2O. The quantitative estimate of drug-likeness (QED) is 0.882. The van der Waals surface area contributed by atoms with Gasteiger partial charge in [0.25, 0.3) is 0 Å². The molecule has 1 aromatic rings. The van der Waals surface area contributed by atoms with Crippen molar-refractivity contribution in [2.24, 2.45) is 0 Å². The van der Waals surface area contributed by atoms with Gasteiger partial charge in [-0.2, -0.15) is 0 Å². The Morgan fingerprint density at radius 3 is 3.11 bits per heavy atom. The van der Waals surface area contributed by atoms with Crippen molar-refractivity contribution in [3.63, 3.8) is 0 Å². The van der Waals surface area contributed by atoms with Crippen molar-refractivity contribution in [2.75, 3.05) is 26.7 Å². The fourth-order valence-electron chi connectivity index (χ4n) is 3.11. The predicted octanol–water partition coefficient (Wildman–Crippen LogP) is 1.94. The summed E-state index contributed by atoms with van der Waals surface area (Å²) in [5.41, 5.74) is 2.80. The van der Waals surface area contributed by atoms with Crippen molar-refractivity contribution < 1.29 is 4.74 Å². The number of rotatable bonds is 3. The first-order chi connectivity index (χ1) is 8.84. The lowest BCUT2D eigenvalue weighted by molar-refractivity contribution is 0.0396. The molecule has 0 aromatic heterocycles. The average Bonchev–Trinajstić information content (AvgIpc) is 2.91. The number of fused-ring (bicyclic) bond motifs is 1. The van der Waals surface area contributed by atoms with Gasteiger partial charge in [-0.1, -0.05) is 24.3 Å². The zero-order chi connectivity index (χ0) is 12.4. The normalized spacial score (nSPS) is 27.4. The fraction of sp³-hybridized carbons (Fsp3) is 0.600. The van der Waals surface area contributed by atoms with Crippen LogP contribution in [0.4, 0.5) is 0 Å². The van der Waals surface area contributed by atoms with E-state index in [1.165, 1.54) is 30.5 Å². The first kappa shape index (κ1) is 12.2. The SMILES string of the molecule is CN(CC1CCCN1)C1COCc2ccccc21. The maximum absolute atomic E-state index is 5.73. The van der Waals surface area contributed by atoms with Crippen LogP contribution in [0, 0.1) is 0 Å². The third-order valence-electron chi connectivity index (χ3n) is 4.15. The Labute approximate surface area is 109 Å². The van der Waals surface area contributed by atoms with Crippen molar-refractivity contribution in [1.82, 2.24) is 10.2 Å². The molecule has 1 saturated heterocycles. The van der Waals surface area contributed by atoms with E-state index in [-0.39, 0.29) is 0 Å². The number of ether oxygens (including phenoxy) is 1. The minimum Gasteiger partial charge on any atom is -0.375 e. The molecule has 0 aliphatic carbocycles. The molecule has 0 radical (unpaired) electrons. The lowest BCUT2D eigenvalue weighted by atomic mass is 9.98. The second-order valence-electron chi connectivity index (χ2n) is 5.46. The number of nitrogens with zero attached hydrogens (tertiary/aromatic N) is 1. The summed E-state index contributed by atoms with van der Waals surface area (Å²) in [6.45, 7) is 3.88. The van der Waals surface area contributed by atoms with Crippen molar-refractivity contribution in [3.8, 4) is 0 Å². The molecule has 1 fully saturated rings. The van der Waals surface area contributed by atoms with Gasteiger partial charge in [0.2, 0.25) is 0 Å². The Bertz CT molecular complexity index is 401. The monoisotopic (exact) mass is 246 g/mol. The predicted molar refractivity (Wildman–Crippen MR) is 72.5 cm³/mol. The third kappa shape index (κ3) is 2.44. The van der Waals surface area contributed by atoms with E-state index in [1.54, 1.807) is 0 Å². The molecule has 98 valence electrons. The lowest BCUT2D eigenvalue weighted by Crippen LogP contribution is -2.40. The van der Waals surface area contributed by atoms with Crippen LogP contribution in [-0.4, -0.2) is 37.7 Å². The van der Waals surface area contributed by atoms with Gasteiger partial charge in [-0.15, -0.1) is 0 Å². The summed E-state index contributed by atoms with van der Waals surface area (Å²) < 4.78 is 5.73. The summed E-state index contributed by atoms with van der Waals surface area (Å²) in [6, 6.07) is 9.74. The maximum atomic E-state index is 5.73. The molecule has 0 bridgehead atoms. The molecule has 2 heterocycles. The maximum Gasteiger partial charge on any atom is 0.0721 e. The number of likely N-dealkylation sites (N-methyl/N-ethyl adjacent to an activating group) is 1. The molecule has 0 saturated carbocycles. The number of nitrogens with one attached hydrogen (secondary N) is 1. The highest BCUT2D eigenvalue weighted by atomic mass is 16.5. The second kappa shape index (κ2) is 5.39. The van der Waals surface area contributed by atoms with Gasteiger partial charge in [-0.25, -0.2) is 0 Å². The molecule has 3 rings (SSSR count). The van der Waals surface area contributed by atoms with Gasteiger partial charge < -0.3 is 10.1 Å². The van der Waals surface area contributed by atoms with Crippen molar-refractivity contribution in [2.45, 2.75) is 31.5 Å². The number of hydrogen-bond acceptors (Lipinski definition) is 3. The van der Waals surface area contributed by atoms with Gasteiger partial charge in [0, 0.05) is 12.6 Å². The van der Waals surface area contributed by atoms with Gasteiger partial charge in [-0.3, -0.25) is 4.90 Å². The van der Waals surface area contributed by atoms with Gasteiger partial charge in [0.05, 0.1) is 19.3 Å². The fourth-order valence-corrected chi connectivity index (χ4v) is 3.11. The van der Waals surface area contributed by atoms with E-state index in [4.69, 9.17) is 4.74 Å². The number of hydrogen-bond donors (Lipinski definition) is 1. The van der Waals surface area contributed by atoms with Crippen LogP contribution in [0.25, 0.3) is 0 Å². The Morgan fingerprint density at radius 1 is 1.39 bits per heavy atom. The second-order valence-corrected chi connectivity index (χ2v) is 5.46. The smallest absolute Gasteiger partial charge is 0.0721 e. The van der Waals surface area contributed by atoms with E-state index in [2.05, 4.69) is 41.5 Å². The van der Waals surface area contributed by atoms with E-state index >= 15 is 0 Å². The van der Waals surface area contributed by atoms with Gasteiger partial charge >= 0.3 is 0 Å². The molecule has 1 N–H and O–H groups in total. The Morgan fingerprint density at radius 2 is 2.28 bits per heavy atom. The molecule has 3 nitrogen and oxygen atoms in total. The largest absolute Gasteiger partial charge is 0.375 e. The summed E-state index contributed by atoms with van der Waals surface area (Å²) in [5.74, 6) is 0. The highest BCUT2D eigenvalue weighted by Crippen LogP contribution is 2.28. The topological polar surface area (TPSA) is 24.5 Å². The van der Waals surface area contributed by atoms with E-state index in [1.807, 2.05) is 0 Å². The third-order valence-corrected chi connectivity index (χ3v) is 4.15. The Kier molecular flexibility index (Phi) is 3.64. The van der Waals surface area contributed by atoms with Crippen LogP contribution < -0.4 is 5.32 Å².